The molecule has 0 N–H and O–H groups in total. The molecule has 0 unspecified atom stereocenters. The Bertz CT molecular complexity index is 188. The highest BCUT2D eigenvalue weighted by Crippen LogP contribution is 2.40. The maximum absolute atomic E-state index is 11.0. The quantitative estimate of drug-likeness (QED) is 0.495. The Balaban J connectivity index is 1.64. The van der Waals surface area contributed by atoms with E-state index in [-0.39, 0.29) is 24.8 Å². The summed E-state index contributed by atoms with van der Waals surface area (Å²) in [5, 5.41) is 0. The molecule has 0 radical (unpaired) electrons. The van der Waals surface area contributed by atoms with Crippen molar-refractivity contribution < 1.29 is 23.1 Å². The lowest BCUT2D eigenvalue weighted by Crippen LogP contribution is -1.95. The van der Waals surface area contributed by atoms with Gasteiger partial charge in [-0.15, -0.1) is 0 Å². The van der Waals surface area contributed by atoms with Crippen LogP contribution in [0.1, 0.15) is 13.8 Å². The average Bonchev–Trinajstić information content (AvgIpc) is 2.80. The van der Waals surface area contributed by atoms with E-state index in [1.54, 1.807) is 0 Å². The first-order valence-corrected chi connectivity index (χ1v) is 4.88. The molecular weight excluding hydrogens is 183 g/mol. The lowest BCUT2D eigenvalue weighted by Gasteiger charge is -1.80. The zero-order valence-corrected chi connectivity index (χ0v) is 7.69. The van der Waals surface area contributed by atoms with Crippen LogP contribution in [0.3, 0.4) is 0 Å². The third-order valence-corrected chi connectivity index (χ3v) is 2.45. The minimum Gasteiger partial charge on any atom is -0.338 e. The number of hydrogen-bond donors (Lipinski definition) is 0. The fourth-order valence-electron chi connectivity index (χ4n) is 0.748. The van der Waals surface area contributed by atoms with E-state index in [2.05, 4.69) is 0 Å². The van der Waals surface area contributed by atoms with Crippen LogP contribution in [0.15, 0.2) is 0 Å². The summed E-state index contributed by atoms with van der Waals surface area (Å²) < 4.78 is 30.5. The highest BCUT2D eigenvalue weighted by atomic mass is 31.1. The molecule has 0 aromatic carbocycles. The maximum Gasteiger partial charge on any atom is 0.703 e. The van der Waals surface area contributed by atoms with Gasteiger partial charge < -0.3 is 9.47 Å². The SMILES string of the molecule is C[C@@H]1O[C@@H]1O[P+](=O)O[C@H]1O[C@H]1C. The first-order chi connectivity index (χ1) is 5.66. The Kier molecular flexibility index (Phi) is 2.14. The average molecular weight is 193 g/mol. The smallest absolute Gasteiger partial charge is 0.338 e. The number of ether oxygens (including phenoxy) is 2. The van der Waals surface area contributed by atoms with Crippen molar-refractivity contribution in [3.05, 3.63) is 0 Å². The van der Waals surface area contributed by atoms with Gasteiger partial charge in [-0.05, 0) is 13.8 Å². The van der Waals surface area contributed by atoms with Crippen LogP contribution < -0.4 is 0 Å². The molecule has 2 fully saturated rings. The molecule has 68 valence electrons. The van der Waals surface area contributed by atoms with Crippen LogP contribution >= 0.6 is 8.25 Å². The summed E-state index contributed by atoms with van der Waals surface area (Å²) >= 11 is 0. The predicted octanol–water partition coefficient (Wildman–Crippen LogP) is 1.17. The van der Waals surface area contributed by atoms with Gasteiger partial charge >= 0.3 is 8.25 Å². The normalized spacial score (nSPS) is 44.2. The van der Waals surface area contributed by atoms with Gasteiger partial charge in [-0.25, -0.2) is 0 Å². The van der Waals surface area contributed by atoms with E-state index in [9.17, 15) is 4.57 Å². The second-order valence-corrected chi connectivity index (χ2v) is 3.72. The molecule has 2 saturated heterocycles. The highest BCUT2D eigenvalue weighted by molar-refractivity contribution is 7.33. The Labute approximate surface area is 70.9 Å². The zero-order valence-electron chi connectivity index (χ0n) is 6.80. The van der Waals surface area contributed by atoms with Crippen molar-refractivity contribution in [2.75, 3.05) is 0 Å². The van der Waals surface area contributed by atoms with Crippen LogP contribution in [0.25, 0.3) is 0 Å². The minimum absolute atomic E-state index is 0.0325. The van der Waals surface area contributed by atoms with E-state index in [0.29, 0.717) is 0 Å². The van der Waals surface area contributed by atoms with Crippen molar-refractivity contribution >= 4 is 8.25 Å². The number of hydrogen-bond acceptors (Lipinski definition) is 5. The van der Waals surface area contributed by atoms with Crippen molar-refractivity contribution in [3.8, 4) is 0 Å². The van der Waals surface area contributed by atoms with Crippen LogP contribution in [0.2, 0.25) is 0 Å². The summed E-state index contributed by atoms with van der Waals surface area (Å²) in [7, 11) is -2.09. The second-order valence-electron chi connectivity index (χ2n) is 2.85. The second kappa shape index (κ2) is 3.01. The summed E-state index contributed by atoms with van der Waals surface area (Å²) in [5.41, 5.74) is 0. The van der Waals surface area contributed by atoms with Gasteiger partial charge in [0.25, 0.3) is 0 Å². The standard InChI is InChI=1S/C6H10O5P/c1-3-5(8-3)10-12(7)11-6-4(2)9-6/h3-6H,1-2H3/q+1/t3-,4-,5+,6+/m0/s1. The Morgan fingerprint density at radius 3 is 1.67 bits per heavy atom. The maximum atomic E-state index is 11.0. The summed E-state index contributed by atoms with van der Waals surface area (Å²) in [6.07, 6.45) is -0.652. The molecule has 0 aliphatic carbocycles. The summed E-state index contributed by atoms with van der Waals surface area (Å²) in [6, 6.07) is 0. The molecule has 5 nitrogen and oxygen atoms in total. The molecular formula is C6H10O5P+. The summed E-state index contributed by atoms with van der Waals surface area (Å²) in [4.78, 5) is 0. The van der Waals surface area contributed by atoms with Gasteiger partial charge in [0.2, 0.25) is 12.6 Å². The monoisotopic (exact) mass is 193 g/mol. The Morgan fingerprint density at radius 1 is 1.08 bits per heavy atom. The molecule has 4 atom stereocenters. The lowest BCUT2D eigenvalue weighted by atomic mass is 10.5. The topological polar surface area (TPSA) is 60.6 Å². The van der Waals surface area contributed by atoms with Crippen molar-refractivity contribution in [1.82, 2.24) is 0 Å². The summed E-state index contributed by atoms with van der Waals surface area (Å²) in [5.74, 6) is 0. The van der Waals surface area contributed by atoms with E-state index in [4.69, 9.17) is 18.5 Å². The van der Waals surface area contributed by atoms with Crippen molar-refractivity contribution in [2.45, 2.75) is 38.6 Å². The molecule has 0 bridgehead atoms. The van der Waals surface area contributed by atoms with Gasteiger partial charge in [-0.3, -0.25) is 0 Å². The van der Waals surface area contributed by atoms with Gasteiger partial charge in [-0.2, -0.15) is 0 Å². The molecule has 0 amide bonds. The molecule has 0 saturated carbocycles. The van der Waals surface area contributed by atoms with Gasteiger partial charge in [-0.1, -0.05) is 9.05 Å². The van der Waals surface area contributed by atoms with Crippen molar-refractivity contribution in [3.63, 3.8) is 0 Å². The molecule has 0 spiro atoms. The van der Waals surface area contributed by atoms with Crippen molar-refractivity contribution in [2.24, 2.45) is 0 Å². The minimum atomic E-state index is -2.09. The van der Waals surface area contributed by atoms with Gasteiger partial charge in [0.05, 0.1) is 0 Å². The third-order valence-electron chi connectivity index (χ3n) is 1.69. The molecule has 2 heterocycles. The van der Waals surface area contributed by atoms with E-state index in [0.717, 1.165) is 0 Å². The van der Waals surface area contributed by atoms with Crippen LogP contribution in [0, 0.1) is 0 Å². The Morgan fingerprint density at radius 2 is 1.42 bits per heavy atom. The van der Waals surface area contributed by atoms with Gasteiger partial charge in [0, 0.05) is 4.57 Å². The fourth-order valence-corrected chi connectivity index (χ4v) is 1.58. The molecule has 2 aliphatic rings. The van der Waals surface area contributed by atoms with E-state index in [1.165, 1.54) is 0 Å². The van der Waals surface area contributed by atoms with Crippen molar-refractivity contribution in [1.29, 1.82) is 0 Å². The largest absolute Gasteiger partial charge is 0.703 e. The number of epoxide rings is 2. The van der Waals surface area contributed by atoms with Gasteiger partial charge in [0.15, 0.2) is 0 Å². The molecule has 12 heavy (non-hydrogen) atoms. The lowest BCUT2D eigenvalue weighted by molar-refractivity contribution is 0.117. The molecule has 2 aliphatic heterocycles. The Hall–Kier alpha value is -0.0600. The van der Waals surface area contributed by atoms with E-state index >= 15 is 0 Å². The van der Waals surface area contributed by atoms with E-state index < -0.39 is 8.25 Å². The fraction of sp³-hybridized carbons (Fsp3) is 1.00. The number of rotatable bonds is 4. The first kappa shape index (κ1) is 8.53. The molecule has 0 aromatic rings. The third kappa shape index (κ3) is 2.00. The predicted molar refractivity (Wildman–Crippen MR) is 38.4 cm³/mol. The van der Waals surface area contributed by atoms with Gasteiger partial charge in [0.1, 0.15) is 12.2 Å². The first-order valence-electron chi connectivity index (χ1n) is 3.78. The van der Waals surface area contributed by atoms with Crippen LogP contribution in [0.4, 0.5) is 0 Å². The zero-order chi connectivity index (χ0) is 8.72. The van der Waals surface area contributed by atoms with Crippen LogP contribution in [-0.2, 0) is 23.1 Å². The van der Waals surface area contributed by atoms with Crippen LogP contribution in [-0.4, -0.2) is 24.8 Å². The summed E-state index contributed by atoms with van der Waals surface area (Å²) in [6.45, 7) is 3.67. The highest BCUT2D eigenvalue weighted by Gasteiger charge is 2.50. The molecule has 2 rings (SSSR count). The van der Waals surface area contributed by atoms with Crippen LogP contribution in [0.5, 0.6) is 0 Å². The van der Waals surface area contributed by atoms with E-state index in [1.807, 2.05) is 13.8 Å². The molecule has 0 aromatic heterocycles. The molecule has 6 heteroatoms.